The Labute approximate surface area is 113 Å². The van der Waals surface area contributed by atoms with Crippen molar-refractivity contribution in [3.63, 3.8) is 0 Å². The minimum Gasteiger partial charge on any atom is -0.383 e. The average molecular weight is 259 g/mol. The zero-order valence-corrected chi connectivity index (χ0v) is 11.0. The normalized spacial score (nSPS) is 10.4. The Kier molecular flexibility index (Phi) is 4.93. The van der Waals surface area contributed by atoms with E-state index in [0.717, 1.165) is 5.69 Å². The van der Waals surface area contributed by atoms with E-state index in [1.165, 1.54) is 11.6 Å². The van der Waals surface area contributed by atoms with Crippen LogP contribution in [0.2, 0.25) is 0 Å². The summed E-state index contributed by atoms with van der Waals surface area (Å²) in [5, 5.41) is 3.27. The lowest BCUT2D eigenvalue weighted by atomic mass is 10.2. The van der Waals surface area contributed by atoms with Gasteiger partial charge in [0.2, 0.25) is 0 Å². The Bertz CT molecular complexity index is 528. The van der Waals surface area contributed by atoms with Crippen LogP contribution in [0.25, 0.3) is 0 Å². The van der Waals surface area contributed by atoms with Crippen LogP contribution >= 0.6 is 0 Å². The van der Waals surface area contributed by atoms with Crippen molar-refractivity contribution in [1.29, 1.82) is 0 Å². The molecule has 0 fully saturated rings. The molecule has 0 spiro atoms. The van der Waals surface area contributed by atoms with Crippen LogP contribution in [0.5, 0.6) is 0 Å². The van der Waals surface area contributed by atoms with Gasteiger partial charge in [0.1, 0.15) is 5.82 Å². The number of hydrogen-bond donors (Lipinski definition) is 1. The highest BCUT2D eigenvalue weighted by molar-refractivity contribution is 5.45. The summed E-state index contributed by atoms with van der Waals surface area (Å²) in [7, 11) is 0. The van der Waals surface area contributed by atoms with Gasteiger partial charge in [-0.05, 0) is 30.7 Å². The van der Waals surface area contributed by atoms with Gasteiger partial charge >= 0.3 is 0 Å². The van der Waals surface area contributed by atoms with Crippen LogP contribution in [0.1, 0.15) is 11.1 Å². The van der Waals surface area contributed by atoms with Crippen LogP contribution < -0.4 is 5.32 Å². The first-order valence-corrected chi connectivity index (χ1v) is 6.37. The van der Waals surface area contributed by atoms with Gasteiger partial charge in [0.05, 0.1) is 13.2 Å². The van der Waals surface area contributed by atoms with E-state index in [1.54, 1.807) is 12.1 Å². The Morgan fingerprint density at radius 2 is 1.95 bits per heavy atom. The van der Waals surface area contributed by atoms with E-state index >= 15 is 0 Å². The van der Waals surface area contributed by atoms with Gasteiger partial charge in [0.15, 0.2) is 0 Å². The molecule has 100 valence electrons. The van der Waals surface area contributed by atoms with Crippen molar-refractivity contribution in [2.24, 2.45) is 0 Å². The molecule has 0 radical (unpaired) electrons. The number of nitrogens with one attached hydrogen (secondary N) is 1. The van der Waals surface area contributed by atoms with Crippen molar-refractivity contribution < 1.29 is 9.13 Å². The van der Waals surface area contributed by atoms with E-state index in [9.17, 15) is 4.39 Å². The molecule has 0 aliphatic heterocycles. The maximum Gasteiger partial charge on any atom is 0.128 e. The number of halogens is 1. The van der Waals surface area contributed by atoms with Crippen LogP contribution in [0.4, 0.5) is 10.1 Å². The van der Waals surface area contributed by atoms with E-state index in [1.807, 2.05) is 18.2 Å². The van der Waals surface area contributed by atoms with Crippen molar-refractivity contribution in [2.45, 2.75) is 13.5 Å². The van der Waals surface area contributed by atoms with Gasteiger partial charge < -0.3 is 10.1 Å². The second kappa shape index (κ2) is 6.90. The SMILES string of the molecule is Cc1cccc(NCCOCc2ccccc2F)c1. The molecule has 0 aliphatic carbocycles. The average Bonchev–Trinajstić information content (AvgIpc) is 2.40. The first kappa shape index (κ1) is 13.6. The zero-order valence-electron chi connectivity index (χ0n) is 11.0. The van der Waals surface area contributed by atoms with Crippen LogP contribution in [0, 0.1) is 12.7 Å². The summed E-state index contributed by atoms with van der Waals surface area (Å²) in [4.78, 5) is 0. The second-order valence-corrected chi connectivity index (χ2v) is 4.44. The van der Waals surface area contributed by atoms with Gasteiger partial charge in [-0.3, -0.25) is 0 Å². The number of aryl methyl sites for hydroxylation is 1. The monoisotopic (exact) mass is 259 g/mol. The van der Waals surface area contributed by atoms with Crippen molar-refractivity contribution in [2.75, 3.05) is 18.5 Å². The summed E-state index contributed by atoms with van der Waals surface area (Å²) in [6.07, 6.45) is 0. The maximum absolute atomic E-state index is 13.3. The van der Waals surface area contributed by atoms with E-state index in [2.05, 4.69) is 24.4 Å². The summed E-state index contributed by atoms with van der Waals surface area (Å²) in [5.74, 6) is -0.214. The molecule has 19 heavy (non-hydrogen) atoms. The molecule has 0 atom stereocenters. The third kappa shape index (κ3) is 4.38. The quantitative estimate of drug-likeness (QED) is 0.797. The number of ether oxygens (including phenoxy) is 1. The minimum atomic E-state index is -0.214. The van der Waals surface area contributed by atoms with Crippen LogP contribution in [-0.2, 0) is 11.3 Å². The molecule has 0 aliphatic rings. The topological polar surface area (TPSA) is 21.3 Å². The van der Waals surface area contributed by atoms with Gasteiger partial charge in [0, 0.05) is 17.8 Å². The first-order chi connectivity index (χ1) is 9.25. The Hall–Kier alpha value is -1.87. The van der Waals surface area contributed by atoms with E-state index in [-0.39, 0.29) is 5.82 Å². The largest absolute Gasteiger partial charge is 0.383 e. The lowest BCUT2D eigenvalue weighted by Crippen LogP contribution is -2.09. The molecule has 0 amide bonds. The zero-order chi connectivity index (χ0) is 13.5. The lowest BCUT2D eigenvalue weighted by Gasteiger charge is -2.08. The number of anilines is 1. The van der Waals surface area contributed by atoms with Crippen LogP contribution in [0.15, 0.2) is 48.5 Å². The van der Waals surface area contributed by atoms with Gasteiger partial charge in [-0.1, -0.05) is 30.3 Å². The van der Waals surface area contributed by atoms with E-state index < -0.39 is 0 Å². The molecule has 2 rings (SSSR count). The highest BCUT2D eigenvalue weighted by atomic mass is 19.1. The fraction of sp³-hybridized carbons (Fsp3) is 0.250. The summed E-state index contributed by atoms with van der Waals surface area (Å²) in [6.45, 7) is 3.61. The fourth-order valence-corrected chi connectivity index (χ4v) is 1.82. The first-order valence-electron chi connectivity index (χ1n) is 6.37. The molecule has 2 nitrogen and oxygen atoms in total. The minimum absolute atomic E-state index is 0.214. The van der Waals surface area contributed by atoms with Gasteiger partial charge in [-0.25, -0.2) is 4.39 Å². The maximum atomic E-state index is 13.3. The Morgan fingerprint density at radius 1 is 1.11 bits per heavy atom. The second-order valence-electron chi connectivity index (χ2n) is 4.44. The molecule has 1 N–H and O–H groups in total. The predicted molar refractivity (Wildman–Crippen MR) is 75.7 cm³/mol. The molecule has 0 aromatic heterocycles. The standard InChI is InChI=1S/C16H18FNO/c1-13-5-4-7-15(11-13)18-9-10-19-12-14-6-2-3-8-16(14)17/h2-8,11,18H,9-10,12H2,1H3. The molecule has 0 heterocycles. The summed E-state index contributed by atoms with van der Waals surface area (Å²) in [5.41, 5.74) is 2.89. The summed E-state index contributed by atoms with van der Waals surface area (Å²) in [6, 6.07) is 14.8. The molecule has 2 aromatic rings. The van der Waals surface area contributed by atoms with Gasteiger partial charge in [-0.2, -0.15) is 0 Å². The molecule has 0 saturated carbocycles. The lowest BCUT2D eigenvalue weighted by molar-refractivity contribution is 0.128. The van der Waals surface area contributed by atoms with Crippen molar-refractivity contribution in [3.8, 4) is 0 Å². The van der Waals surface area contributed by atoms with Gasteiger partial charge in [0.25, 0.3) is 0 Å². The Morgan fingerprint density at radius 3 is 2.74 bits per heavy atom. The third-order valence-electron chi connectivity index (χ3n) is 2.81. The van der Waals surface area contributed by atoms with Gasteiger partial charge in [-0.15, -0.1) is 0 Å². The Balaban J connectivity index is 1.69. The smallest absolute Gasteiger partial charge is 0.128 e. The molecule has 3 heteroatoms. The number of benzene rings is 2. The fourth-order valence-electron chi connectivity index (χ4n) is 1.82. The third-order valence-corrected chi connectivity index (χ3v) is 2.81. The molecule has 0 bridgehead atoms. The van der Waals surface area contributed by atoms with Crippen LogP contribution in [-0.4, -0.2) is 13.2 Å². The number of hydrogen-bond acceptors (Lipinski definition) is 2. The summed E-state index contributed by atoms with van der Waals surface area (Å²) < 4.78 is 18.8. The van der Waals surface area contributed by atoms with Crippen molar-refractivity contribution in [3.05, 3.63) is 65.5 Å². The highest BCUT2D eigenvalue weighted by Gasteiger charge is 1.99. The highest BCUT2D eigenvalue weighted by Crippen LogP contribution is 2.09. The molecular weight excluding hydrogens is 241 g/mol. The summed E-state index contributed by atoms with van der Waals surface area (Å²) >= 11 is 0. The van der Waals surface area contributed by atoms with Crippen LogP contribution in [0.3, 0.4) is 0 Å². The molecule has 2 aromatic carbocycles. The molecular formula is C16H18FNO. The van der Waals surface area contributed by atoms with E-state index in [4.69, 9.17) is 4.74 Å². The van der Waals surface area contributed by atoms with Crippen molar-refractivity contribution >= 4 is 5.69 Å². The number of rotatable bonds is 6. The molecule has 0 saturated heterocycles. The van der Waals surface area contributed by atoms with Crippen molar-refractivity contribution in [1.82, 2.24) is 0 Å². The predicted octanol–water partition coefficient (Wildman–Crippen LogP) is 3.76. The van der Waals surface area contributed by atoms with E-state index in [0.29, 0.717) is 25.3 Å². The molecule has 0 unspecified atom stereocenters.